The SMILES string of the molecule is CCCCCCCCCCCCCC(F)CCC. The van der Waals surface area contributed by atoms with Crippen LogP contribution in [0.5, 0.6) is 0 Å². The first kappa shape index (κ1) is 17.9. The Kier molecular flexibility index (Phi) is 14.9. The number of unbranched alkanes of at least 4 members (excludes halogenated alkanes) is 10. The van der Waals surface area contributed by atoms with Crippen molar-refractivity contribution in [2.45, 2.75) is 110 Å². The Bertz CT molecular complexity index is 145. The molecule has 0 saturated carbocycles. The van der Waals surface area contributed by atoms with Crippen molar-refractivity contribution in [1.82, 2.24) is 0 Å². The summed E-state index contributed by atoms with van der Waals surface area (Å²) in [6, 6.07) is 0. The monoisotopic (exact) mass is 258 g/mol. The van der Waals surface area contributed by atoms with Gasteiger partial charge >= 0.3 is 0 Å². The summed E-state index contributed by atoms with van der Waals surface area (Å²) in [4.78, 5) is 0. The topological polar surface area (TPSA) is 0 Å². The van der Waals surface area contributed by atoms with E-state index in [0.29, 0.717) is 0 Å². The minimum absolute atomic E-state index is 0.534. The molecule has 0 aliphatic carbocycles. The first-order valence-corrected chi connectivity index (χ1v) is 8.45. The van der Waals surface area contributed by atoms with Crippen LogP contribution in [-0.4, -0.2) is 6.17 Å². The van der Waals surface area contributed by atoms with Gasteiger partial charge in [-0.05, 0) is 12.8 Å². The number of halogens is 1. The van der Waals surface area contributed by atoms with E-state index in [0.717, 1.165) is 25.7 Å². The van der Waals surface area contributed by atoms with Gasteiger partial charge in [-0.15, -0.1) is 0 Å². The molecule has 0 N–H and O–H groups in total. The standard InChI is InChI=1S/C17H35F/c1-3-5-6-7-8-9-10-11-12-13-14-16-17(18)15-4-2/h17H,3-16H2,1-2H3. The van der Waals surface area contributed by atoms with Gasteiger partial charge in [-0.2, -0.15) is 0 Å². The molecule has 110 valence electrons. The molecule has 0 aliphatic heterocycles. The van der Waals surface area contributed by atoms with Gasteiger partial charge in [-0.25, -0.2) is 4.39 Å². The molecule has 0 aromatic carbocycles. The van der Waals surface area contributed by atoms with Crippen molar-refractivity contribution in [2.75, 3.05) is 0 Å². The maximum Gasteiger partial charge on any atom is 0.100 e. The van der Waals surface area contributed by atoms with Crippen LogP contribution in [0.1, 0.15) is 104 Å². The van der Waals surface area contributed by atoms with Crippen molar-refractivity contribution in [3.8, 4) is 0 Å². The largest absolute Gasteiger partial charge is 0.247 e. The number of hydrogen-bond donors (Lipinski definition) is 0. The molecule has 0 saturated heterocycles. The molecule has 1 unspecified atom stereocenters. The Morgan fingerprint density at radius 1 is 0.556 bits per heavy atom. The molecule has 0 aliphatic rings. The third-order valence-electron chi connectivity index (χ3n) is 3.72. The summed E-state index contributed by atoms with van der Waals surface area (Å²) in [6.45, 7) is 4.33. The van der Waals surface area contributed by atoms with Gasteiger partial charge in [0.25, 0.3) is 0 Å². The lowest BCUT2D eigenvalue weighted by molar-refractivity contribution is 0.285. The van der Waals surface area contributed by atoms with Gasteiger partial charge in [-0.3, -0.25) is 0 Å². The van der Waals surface area contributed by atoms with Crippen molar-refractivity contribution in [1.29, 1.82) is 0 Å². The molecule has 0 heterocycles. The smallest absolute Gasteiger partial charge is 0.100 e. The van der Waals surface area contributed by atoms with E-state index in [4.69, 9.17) is 0 Å². The van der Waals surface area contributed by atoms with Crippen molar-refractivity contribution >= 4 is 0 Å². The highest BCUT2D eigenvalue weighted by Gasteiger charge is 2.03. The van der Waals surface area contributed by atoms with Crippen molar-refractivity contribution in [2.24, 2.45) is 0 Å². The molecule has 0 amide bonds. The van der Waals surface area contributed by atoms with E-state index >= 15 is 0 Å². The Balaban J connectivity index is 2.98. The third-order valence-corrected chi connectivity index (χ3v) is 3.72. The van der Waals surface area contributed by atoms with Crippen molar-refractivity contribution in [3.63, 3.8) is 0 Å². The average molecular weight is 258 g/mol. The van der Waals surface area contributed by atoms with E-state index in [1.54, 1.807) is 0 Å². The summed E-state index contributed by atoms with van der Waals surface area (Å²) in [6.07, 6.45) is 16.8. The molecule has 1 heteroatoms. The fourth-order valence-corrected chi connectivity index (χ4v) is 2.49. The average Bonchev–Trinajstić information content (AvgIpc) is 2.36. The summed E-state index contributed by atoms with van der Waals surface area (Å²) in [5, 5.41) is 0. The third kappa shape index (κ3) is 14.0. The van der Waals surface area contributed by atoms with Crippen LogP contribution in [-0.2, 0) is 0 Å². The van der Waals surface area contributed by atoms with E-state index in [9.17, 15) is 4.39 Å². The predicted octanol–water partition coefficient (Wildman–Crippen LogP) is 6.83. The van der Waals surface area contributed by atoms with Crippen molar-refractivity contribution < 1.29 is 4.39 Å². The lowest BCUT2D eigenvalue weighted by Gasteiger charge is -2.06. The first-order valence-electron chi connectivity index (χ1n) is 8.45. The quantitative estimate of drug-likeness (QED) is 0.300. The zero-order valence-electron chi connectivity index (χ0n) is 12.9. The van der Waals surface area contributed by atoms with E-state index in [1.165, 1.54) is 64.2 Å². The summed E-state index contributed by atoms with van der Waals surface area (Å²) in [5.41, 5.74) is 0. The molecule has 0 aromatic rings. The Morgan fingerprint density at radius 3 is 1.44 bits per heavy atom. The fourth-order valence-electron chi connectivity index (χ4n) is 2.49. The van der Waals surface area contributed by atoms with Crippen LogP contribution in [0.15, 0.2) is 0 Å². The molecular formula is C17H35F. The summed E-state index contributed by atoms with van der Waals surface area (Å²) >= 11 is 0. The van der Waals surface area contributed by atoms with Crippen molar-refractivity contribution in [3.05, 3.63) is 0 Å². The number of alkyl halides is 1. The van der Waals surface area contributed by atoms with Gasteiger partial charge in [0.15, 0.2) is 0 Å². The highest BCUT2D eigenvalue weighted by Crippen LogP contribution is 2.14. The molecule has 0 nitrogen and oxygen atoms in total. The molecule has 0 bridgehead atoms. The number of hydrogen-bond acceptors (Lipinski definition) is 0. The molecule has 0 rings (SSSR count). The predicted molar refractivity (Wildman–Crippen MR) is 80.9 cm³/mol. The zero-order valence-corrected chi connectivity index (χ0v) is 12.9. The summed E-state index contributed by atoms with van der Waals surface area (Å²) in [5.74, 6) is 0. The van der Waals surface area contributed by atoms with Crippen LogP contribution in [0.4, 0.5) is 4.39 Å². The highest BCUT2D eigenvalue weighted by molar-refractivity contribution is 4.56. The maximum absolute atomic E-state index is 13.2. The fraction of sp³-hybridized carbons (Fsp3) is 1.00. The second kappa shape index (κ2) is 15.0. The van der Waals surface area contributed by atoms with Gasteiger partial charge in [0.1, 0.15) is 6.17 Å². The van der Waals surface area contributed by atoms with Gasteiger partial charge in [0.05, 0.1) is 0 Å². The number of rotatable bonds is 14. The van der Waals surface area contributed by atoms with Gasteiger partial charge in [-0.1, -0.05) is 90.9 Å². The Hall–Kier alpha value is -0.0700. The summed E-state index contributed by atoms with van der Waals surface area (Å²) in [7, 11) is 0. The Morgan fingerprint density at radius 2 is 1.00 bits per heavy atom. The summed E-state index contributed by atoms with van der Waals surface area (Å²) < 4.78 is 13.2. The van der Waals surface area contributed by atoms with E-state index < -0.39 is 6.17 Å². The van der Waals surface area contributed by atoms with E-state index in [1.807, 2.05) is 0 Å². The second-order valence-corrected chi connectivity index (χ2v) is 5.71. The van der Waals surface area contributed by atoms with Crippen LogP contribution in [0.2, 0.25) is 0 Å². The molecule has 18 heavy (non-hydrogen) atoms. The molecule has 0 spiro atoms. The van der Waals surface area contributed by atoms with E-state index in [-0.39, 0.29) is 0 Å². The minimum Gasteiger partial charge on any atom is -0.247 e. The first-order chi connectivity index (χ1) is 8.81. The second-order valence-electron chi connectivity index (χ2n) is 5.71. The van der Waals surface area contributed by atoms with Crippen LogP contribution in [0, 0.1) is 0 Å². The van der Waals surface area contributed by atoms with Gasteiger partial charge in [0, 0.05) is 0 Å². The molecular weight excluding hydrogens is 223 g/mol. The molecule has 0 radical (unpaired) electrons. The Labute approximate surface area is 115 Å². The lowest BCUT2D eigenvalue weighted by Crippen LogP contribution is -1.98. The molecule has 0 aromatic heterocycles. The molecule has 1 atom stereocenters. The minimum atomic E-state index is -0.534. The zero-order chi connectivity index (χ0) is 13.5. The van der Waals surface area contributed by atoms with Crippen LogP contribution in [0.3, 0.4) is 0 Å². The highest BCUT2D eigenvalue weighted by atomic mass is 19.1. The molecule has 0 fully saturated rings. The maximum atomic E-state index is 13.2. The van der Waals surface area contributed by atoms with Crippen LogP contribution in [0.25, 0.3) is 0 Å². The van der Waals surface area contributed by atoms with Crippen LogP contribution < -0.4 is 0 Å². The van der Waals surface area contributed by atoms with Crippen LogP contribution >= 0.6 is 0 Å². The normalized spacial score (nSPS) is 12.8. The van der Waals surface area contributed by atoms with E-state index in [2.05, 4.69) is 13.8 Å². The van der Waals surface area contributed by atoms with Gasteiger partial charge in [0.2, 0.25) is 0 Å². The van der Waals surface area contributed by atoms with Gasteiger partial charge < -0.3 is 0 Å². The lowest BCUT2D eigenvalue weighted by atomic mass is 10.0.